The van der Waals surface area contributed by atoms with E-state index >= 15 is 0 Å². The molecule has 2 aromatic rings. The van der Waals surface area contributed by atoms with Crippen LogP contribution in [0.5, 0.6) is 11.5 Å². The van der Waals surface area contributed by atoms with Gasteiger partial charge in [0.25, 0.3) is 0 Å². The highest BCUT2D eigenvalue weighted by atomic mass is 35.5. The van der Waals surface area contributed by atoms with Crippen LogP contribution < -0.4 is 14.2 Å². The molecule has 0 bridgehead atoms. The van der Waals surface area contributed by atoms with E-state index in [-0.39, 0.29) is 11.7 Å². The summed E-state index contributed by atoms with van der Waals surface area (Å²) in [4.78, 5) is 16.6. The lowest BCUT2D eigenvalue weighted by Gasteiger charge is -2.36. The molecule has 4 rings (SSSR count). The molecule has 0 radical (unpaired) electrons. The molecule has 2 N–H and O–H groups in total. The Hall–Kier alpha value is -2.37. The molecular formula is C21H24ClN3O6S. The quantitative estimate of drug-likeness (QED) is 0.608. The lowest BCUT2D eigenvalue weighted by Crippen LogP contribution is -2.55. The van der Waals surface area contributed by atoms with Gasteiger partial charge in [0.05, 0.1) is 11.5 Å². The standard InChI is InChI=1S/C21H24ClN3O6S/c22-16-2-4-17(5-3-16)32(28,29)23-18(13-26)21(27)25-9-7-24(8-10-25)12-15-1-6-19-20(11-15)31-14-30-19/h1-6,11,18,23,26H,7-10,12-14H2. The van der Waals surface area contributed by atoms with Crippen LogP contribution >= 0.6 is 11.6 Å². The van der Waals surface area contributed by atoms with E-state index in [0.29, 0.717) is 37.7 Å². The number of ether oxygens (including phenoxy) is 2. The Kier molecular flexibility index (Phi) is 6.87. The minimum absolute atomic E-state index is 0.0262. The zero-order valence-corrected chi connectivity index (χ0v) is 18.8. The Morgan fingerprint density at radius 3 is 2.44 bits per heavy atom. The number of fused-ring (bicyclic) bond motifs is 1. The minimum atomic E-state index is -3.98. The molecule has 0 saturated carbocycles. The van der Waals surface area contributed by atoms with Gasteiger partial charge in [0.2, 0.25) is 22.7 Å². The van der Waals surface area contributed by atoms with Crippen molar-refractivity contribution in [3.8, 4) is 11.5 Å². The maximum atomic E-state index is 12.9. The molecule has 1 amide bonds. The predicted octanol–water partition coefficient (Wildman–Crippen LogP) is 1.05. The molecule has 11 heteroatoms. The van der Waals surface area contributed by atoms with E-state index in [1.807, 2.05) is 18.2 Å². The van der Waals surface area contributed by atoms with Gasteiger partial charge < -0.3 is 19.5 Å². The molecule has 32 heavy (non-hydrogen) atoms. The van der Waals surface area contributed by atoms with E-state index in [4.69, 9.17) is 21.1 Å². The molecule has 1 fully saturated rings. The first-order valence-corrected chi connectivity index (χ1v) is 12.0. The summed E-state index contributed by atoms with van der Waals surface area (Å²) in [6.07, 6.45) is 0. The van der Waals surface area contributed by atoms with Crippen LogP contribution in [0.2, 0.25) is 5.02 Å². The van der Waals surface area contributed by atoms with E-state index < -0.39 is 28.6 Å². The first-order valence-electron chi connectivity index (χ1n) is 10.1. The number of aliphatic hydroxyl groups excluding tert-OH is 1. The zero-order chi connectivity index (χ0) is 22.7. The van der Waals surface area contributed by atoms with Gasteiger partial charge in [-0.15, -0.1) is 0 Å². The summed E-state index contributed by atoms with van der Waals surface area (Å²) in [5.41, 5.74) is 1.08. The van der Waals surface area contributed by atoms with Crippen molar-refractivity contribution in [2.45, 2.75) is 17.5 Å². The Morgan fingerprint density at radius 2 is 1.75 bits per heavy atom. The molecule has 2 aliphatic heterocycles. The van der Waals surface area contributed by atoms with Crippen molar-refractivity contribution in [2.75, 3.05) is 39.6 Å². The van der Waals surface area contributed by atoms with Crippen LogP contribution in [0, 0.1) is 0 Å². The van der Waals surface area contributed by atoms with E-state index in [2.05, 4.69) is 9.62 Å². The van der Waals surface area contributed by atoms with Crippen molar-refractivity contribution in [2.24, 2.45) is 0 Å². The number of amides is 1. The lowest BCUT2D eigenvalue weighted by atomic mass is 10.1. The maximum absolute atomic E-state index is 12.9. The van der Waals surface area contributed by atoms with Crippen molar-refractivity contribution < 1.29 is 27.8 Å². The Balaban J connectivity index is 1.33. The molecule has 0 aromatic heterocycles. The maximum Gasteiger partial charge on any atom is 0.243 e. The van der Waals surface area contributed by atoms with E-state index in [1.54, 1.807) is 4.90 Å². The van der Waals surface area contributed by atoms with Crippen LogP contribution in [-0.4, -0.2) is 74.9 Å². The van der Waals surface area contributed by atoms with Crippen molar-refractivity contribution in [3.63, 3.8) is 0 Å². The van der Waals surface area contributed by atoms with E-state index in [1.165, 1.54) is 24.3 Å². The highest BCUT2D eigenvalue weighted by Gasteiger charge is 2.31. The monoisotopic (exact) mass is 481 g/mol. The number of aliphatic hydroxyl groups is 1. The smallest absolute Gasteiger partial charge is 0.243 e. The Labute approximate surface area is 191 Å². The third-order valence-electron chi connectivity index (χ3n) is 5.43. The van der Waals surface area contributed by atoms with Crippen LogP contribution in [0.4, 0.5) is 0 Å². The summed E-state index contributed by atoms with van der Waals surface area (Å²) in [7, 11) is -3.98. The summed E-state index contributed by atoms with van der Waals surface area (Å²) >= 11 is 5.80. The number of carbonyl (C=O) groups is 1. The molecule has 2 heterocycles. The number of sulfonamides is 1. The van der Waals surface area contributed by atoms with Gasteiger partial charge in [-0.25, -0.2) is 8.42 Å². The second-order valence-corrected chi connectivity index (χ2v) is 9.75. The summed E-state index contributed by atoms with van der Waals surface area (Å²) in [6, 6.07) is 10.2. The third-order valence-corrected chi connectivity index (χ3v) is 7.17. The van der Waals surface area contributed by atoms with Gasteiger partial charge in [-0.1, -0.05) is 17.7 Å². The van der Waals surface area contributed by atoms with Crippen molar-refractivity contribution >= 4 is 27.5 Å². The van der Waals surface area contributed by atoms with Crippen LogP contribution in [-0.2, 0) is 21.4 Å². The summed E-state index contributed by atoms with van der Waals surface area (Å²) in [5.74, 6) is 1.02. The van der Waals surface area contributed by atoms with Crippen LogP contribution in [0.25, 0.3) is 0 Å². The fourth-order valence-electron chi connectivity index (χ4n) is 3.68. The average molecular weight is 482 g/mol. The molecule has 0 aliphatic carbocycles. The second-order valence-electron chi connectivity index (χ2n) is 7.60. The van der Waals surface area contributed by atoms with Gasteiger partial charge in [-0.2, -0.15) is 4.72 Å². The molecule has 1 unspecified atom stereocenters. The fraction of sp³-hybridized carbons (Fsp3) is 0.381. The van der Waals surface area contributed by atoms with Gasteiger partial charge in [0.15, 0.2) is 11.5 Å². The number of halogens is 1. The average Bonchev–Trinajstić information content (AvgIpc) is 3.26. The highest BCUT2D eigenvalue weighted by Crippen LogP contribution is 2.32. The van der Waals surface area contributed by atoms with Crippen LogP contribution in [0.15, 0.2) is 47.4 Å². The van der Waals surface area contributed by atoms with Gasteiger partial charge >= 0.3 is 0 Å². The summed E-state index contributed by atoms with van der Waals surface area (Å²) < 4.78 is 38.2. The number of hydrogen-bond donors (Lipinski definition) is 2. The first kappa shape index (κ1) is 22.8. The normalized spacial score (nSPS) is 17.4. The van der Waals surface area contributed by atoms with Crippen molar-refractivity contribution in [3.05, 3.63) is 53.1 Å². The topological polar surface area (TPSA) is 108 Å². The van der Waals surface area contributed by atoms with Gasteiger partial charge in [0, 0.05) is 37.7 Å². The van der Waals surface area contributed by atoms with Gasteiger partial charge in [-0.05, 0) is 42.0 Å². The molecule has 9 nitrogen and oxygen atoms in total. The lowest BCUT2D eigenvalue weighted by molar-refractivity contribution is -0.135. The number of piperazine rings is 1. The Bertz CT molecular complexity index is 1070. The summed E-state index contributed by atoms with van der Waals surface area (Å²) in [5, 5.41) is 10.1. The molecule has 2 aromatic carbocycles. The molecule has 1 atom stereocenters. The highest BCUT2D eigenvalue weighted by molar-refractivity contribution is 7.89. The SMILES string of the molecule is O=C(C(CO)NS(=O)(=O)c1ccc(Cl)cc1)N1CCN(Cc2ccc3c(c2)OCO3)CC1. The van der Waals surface area contributed by atoms with Gasteiger partial charge in [-0.3, -0.25) is 9.69 Å². The number of nitrogens with one attached hydrogen (secondary N) is 1. The number of hydrogen-bond acceptors (Lipinski definition) is 7. The van der Waals surface area contributed by atoms with Gasteiger partial charge in [0.1, 0.15) is 6.04 Å². The number of carbonyl (C=O) groups excluding carboxylic acids is 1. The minimum Gasteiger partial charge on any atom is -0.454 e. The number of benzene rings is 2. The van der Waals surface area contributed by atoms with E-state index in [0.717, 1.165) is 17.1 Å². The van der Waals surface area contributed by atoms with Crippen LogP contribution in [0.1, 0.15) is 5.56 Å². The first-order chi connectivity index (χ1) is 15.4. The zero-order valence-electron chi connectivity index (χ0n) is 17.2. The molecule has 2 aliphatic rings. The largest absolute Gasteiger partial charge is 0.454 e. The van der Waals surface area contributed by atoms with Crippen molar-refractivity contribution in [1.29, 1.82) is 0 Å². The third kappa shape index (κ3) is 5.16. The molecule has 0 spiro atoms. The molecule has 172 valence electrons. The number of rotatable bonds is 7. The summed E-state index contributed by atoms with van der Waals surface area (Å²) in [6.45, 7) is 2.41. The van der Waals surface area contributed by atoms with Crippen LogP contribution in [0.3, 0.4) is 0 Å². The molecule has 1 saturated heterocycles. The van der Waals surface area contributed by atoms with E-state index in [9.17, 15) is 18.3 Å². The predicted molar refractivity (Wildman–Crippen MR) is 117 cm³/mol. The molecular weight excluding hydrogens is 458 g/mol. The fourth-order valence-corrected chi connectivity index (χ4v) is 4.99. The second kappa shape index (κ2) is 9.63. The Morgan fingerprint density at radius 1 is 1.06 bits per heavy atom. The number of nitrogens with zero attached hydrogens (tertiary/aromatic N) is 2. The van der Waals surface area contributed by atoms with Crippen molar-refractivity contribution in [1.82, 2.24) is 14.5 Å².